The van der Waals surface area contributed by atoms with Gasteiger partial charge in [0.2, 0.25) is 0 Å². The van der Waals surface area contributed by atoms with Gasteiger partial charge >= 0.3 is 7.12 Å². The SMILES string of the molecule is CC1(C)OB(c2ccc(-n3c4ccccc4c4ccccc43)cn2)OC1(C)C. The van der Waals surface area contributed by atoms with E-state index in [1.807, 2.05) is 12.3 Å². The second kappa shape index (κ2) is 5.93. The molecule has 140 valence electrons. The number of rotatable bonds is 2. The number of aromatic nitrogens is 2. The molecule has 0 spiro atoms. The molecule has 0 N–H and O–H groups in total. The summed E-state index contributed by atoms with van der Waals surface area (Å²) in [6.07, 6.45) is 1.90. The van der Waals surface area contributed by atoms with Crippen molar-refractivity contribution < 1.29 is 9.31 Å². The van der Waals surface area contributed by atoms with Crippen molar-refractivity contribution in [2.45, 2.75) is 38.9 Å². The highest BCUT2D eigenvalue weighted by Gasteiger charge is 2.52. The molecule has 0 unspecified atom stereocenters. The molecule has 2 aromatic heterocycles. The van der Waals surface area contributed by atoms with Crippen molar-refractivity contribution in [3.8, 4) is 5.69 Å². The number of fused-ring (bicyclic) bond motifs is 3. The predicted molar refractivity (Wildman–Crippen MR) is 114 cm³/mol. The van der Waals surface area contributed by atoms with E-state index in [1.165, 1.54) is 21.8 Å². The minimum absolute atomic E-state index is 0.370. The van der Waals surface area contributed by atoms with Crippen LogP contribution in [0.25, 0.3) is 27.5 Å². The highest BCUT2D eigenvalue weighted by Crippen LogP contribution is 2.36. The minimum Gasteiger partial charge on any atom is -0.398 e. The second-order valence-corrected chi connectivity index (χ2v) is 8.40. The Kier molecular flexibility index (Phi) is 3.70. The highest BCUT2D eigenvalue weighted by atomic mass is 16.7. The quantitative estimate of drug-likeness (QED) is 0.488. The summed E-state index contributed by atoms with van der Waals surface area (Å²) in [6, 6.07) is 21.0. The van der Waals surface area contributed by atoms with Crippen molar-refractivity contribution in [2.24, 2.45) is 0 Å². The number of benzene rings is 2. The third-order valence-corrected chi connectivity index (χ3v) is 6.10. The normalized spacial score (nSPS) is 18.2. The van der Waals surface area contributed by atoms with E-state index in [-0.39, 0.29) is 11.2 Å². The zero-order valence-electron chi connectivity index (χ0n) is 16.6. The van der Waals surface area contributed by atoms with E-state index in [2.05, 4.69) is 86.9 Å². The summed E-state index contributed by atoms with van der Waals surface area (Å²) in [4.78, 5) is 4.69. The van der Waals surface area contributed by atoms with Crippen LogP contribution in [0.5, 0.6) is 0 Å². The first kappa shape index (κ1) is 17.5. The zero-order valence-corrected chi connectivity index (χ0v) is 16.6. The molecule has 4 nitrogen and oxygen atoms in total. The Morgan fingerprint density at radius 2 is 1.29 bits per heavy atom. The van der Waals surface area contributed by atoms with Gasteiger partial charge in [0.25, 0.3) is 0 Å². The van der Waals surface area contributed by atoms with Gasteiger partial charge in [-0.15, -0.1) is 0 Å². The van der Waals surface area contributed by atoms with Crippen molar-refractivity contribution in [3.63, 3.8) is 0 Å². The minimum atomic E-state index is -0.447. The molecule has 5 rings (SSSR count). The standard InChI is InChI=1S/C23H23BN2O2/c1-22(2)23(3,4)28-24(27-22)21-14-13-16(15-25-21)26-19-11-7-5-9-17(19)18-10-6-8-12-20(18)26/h5-15H,1-4H3. The van der Waals surface area contributed by atoms with Gasteiger partial charge in [0, 0.05) is 10.8 Å². The molecule has 1 fully saturated rings. The molecular formula is C23H23BN2O2. The van der Waals surface area contributed by atoms with Gasteiger partial charge in [0.1, 0.15) is 0 Å². The van der Waals surface area contributed by atoms with Gasteiger partial charge in [0.15, 0.2) is 0 Å². The van der Waals surface area contributed by atoms with Gasteiger partial charge in [-0.05, 0) is 52.0 Å². The molecule has 5 heteroatoms. The average molecular weight is 370 g/mol. The summed E-state index contributed by atoms with van der Waals surface area (Å²) in [5.74, 6) is 0. The van der Waals surface area contributed by atoms with E-state index >= 15 is 0 Å². The van der Waals surface area contributed by atoms with E-state index in [9.17, 15) is 0 Å². The monoisotopic (exact) mass is 370 g/mol. The van der Waals surface area contributed by atoms with Crippen LogP contribution < -0.4 is 5.59 Å². The van der Waals surface area contributed by atoms with Crippen LogP contribution in [0, 0.1) is 0 Å². The van der Waals surface area contributed by atoms with Gasteiger partial charge in [0.05, 0.1) is 39.7 Å². The summed E-state index contributed by atoms with van der Waals surface area (Å²) >= 11 is 0. The number of hydrogen-bond donors (Lipinski definition) is 0. The fourth-order valence-electron chi connectivity index (χ4n) is 3.83. The molecule has 1 aliphatic rings. The molecule has 0 radical (unpaired) electrons. The summed E-state index contributed by atoms with van der Waals surface area (Å²) < 4.78 is 14.5. The lowest BCUT2D eigenvalue weighted by Gasteiger charge is -2.32. The van der Waals surface area contributed by atoms with Crippen LogP contribution in [-0.4, -0.2) is 27.9 Å². The van der Waals surface area contributed by atoms with Gasteiger partial charge in [-0.2, -0.15) is 0 Å². The van der Waals surface area contributed by atoms with Crippen molar-refractivity contribution in [1.82, 2.24) is 9.55 Å². The van der Waals surface area contributed by atoms with Gasteiger partial charge in [-0.25, -0.2) is 0 Å². The maximum absolute atomic E-state index is 6.13. The van der Waals surface area contributed by atoms with Crippen LogP contribution >= 0.6 is 0 Å². The van der Waals surface area contributed by atoms with Crippen molar-refractivity contribution in [3.05, 3.63) is 66.9 Å². The lowest BCUT2D eigenvalue weighted by Crippen LogP contribution is -2.41. The molecule has 1 saturated heterocycles. The fraction of sp³-hybridized carbons (Fsp3) is 0.261. The maximum Gasteiger partial charge on any atom is 0.514 e. The van der Waals surface area contributed by atoms with Crippen LogP contribution in [-0.2, 0) is 9.31 Å². The first-order valence-electron chi connectivity index (χ1n) is 9.68. The Morgan fingerprint density at radius 1 is 0.750 bits per heavy atom. The first-order chi connectivity index (χ1) is 13.4. The van der Waals surface area contributed by atoms with Crippen LogP contribution in [0.3, 0.4) is 0 Å². The molecule has 0 saturated carbocycles. The molecule has 3 heterocycles. The lowest BCUT2D eigenvalue weighted by molar-refractivity contribution is 0.00578. The molecule has 4 aromatic rings. The smallest absolute Gasteiger partial charge is 0.398 e. The molecule has 0 aliphatic carbocycles. The third-order valence-electron chi connectivity index (χ3n) is 6.10. The van der Waals surface area contributed by atoms with E-state index < -0.39 is 7.12 Å². The Balaban J connectivity index is 1.59. The summed E-state index contributed by atoms with van der Waals surface area (Å²) in [5.41, 5.74) is 3.43. The van der Waals surface area contributed by atoms with Crippen molar-refractivity contribution in [2.75, 3.05) is 0 Å². The Bertz CT molecular complexity index is 1110. The number of pyridine rings is 1. The summed E-state index contributed by atoms with van der Waals surface area (Å²) in [5, 5.41) is 2.49. The van der Waals surface area contributed by atoms with Gasteiger partial charge in [-0.3, -0.25) is 4.98 Å². The third kappa shape index (κ3) is 2.50. The molecular weight excluding hydrogens is 347 g/mol. The Labute approximate surface area is 165 Å². The predicted octanol–water partition coefficient (Wildman–Crippen LogP) is 4.48. The molecule has 1 aliphatic heterocycles. The van der Waals surface area contributed by atoms with E-state index in [1.54, 1.807) is 0 Å². The number of para-hydroxylation sites is 2. The highest BCUT2D eigenvalue weighted by molar-refractivity contribution is 6.61. The van der Waals surface area contributed by atoms with Gasteiger partial charge < -0.3 is 13.9 Å². The van der Waals surface area contributed by atoms with E-state index in [0.717, 1.165) is 11.3 Å². The Morgan fingerprint density at radius 3 is 1.79 bits per heavy atom. The Hall–Kier alpha value is -2.63. The fourth-order valence-corrected chi connectivity index (χ4v) is 3.83. The van der Waals surface area contributed by atoms with Gasteiger partial charge in [-0.1, -0.05) is 36.4 Å². The zero-order chi connectivity index (χ0) is 19.5. The van der Waals surface area contributed by atoms with E-state index in [4.69, 9.17) is 14.3 Å². The van der Waals surface area contributed by atoms with Crippen molar-refractivity contribution >= 4 is 34.5 Å². The molecule has 28 heavy (non-hydrogen) atoms. The van der Waals surface area contributed by atoms with Crippen LogP contribution in [0.4, 0.5) is 0 Å². The largest absolute Gasteiger partial charge is 0.514 e. The van der Waals surface area contributed by atoms with E-state index in [0.29, 0.717) is 0 Å². The molecule has 0 bridgehead atoms. The molecule has 0 amide bonds. The summed E-state index contributed by atoms with van der Waals surface area (Å²) in [7, 11) is -0.447. The van der Waals surface area contributed by atoms with Crippen LogP contribution in [0.15, 0.2) is 66.9 Å². The molecule has 0 atom stereocenters. The number of nitrogens with zero attached hydrogens (tertiary/aromatic N) is 2. The van der Waals surface area contributed by atoms with Crippen molar-refractivity contribution in [1.29, 1.82) is 0 Å². The lowest BCUT2D eigenvalue weighted by atomic mass is 9.84. The average Bonchev–Trinajstić information content (AvgIpc) is 3.12. The number of hydrogen-bond acceptors (Lipinski definition) is 3. The topological polar surface area (TPSA) is 36.3 Å². The first-order valence-corrected chi connectivity index (χ1v) is 9.68. The summed E-state index contributed by atoms with van der Waals surface area (Å²) in [6.45, 7) is 8.22. The second-order valence-electron chi connectivity index (χ2n) is 8.40. The van der Waals surface area contributed by atoms with Crippen LogP contribution in [0.1, 0.15) is 27.7 Å². The maximum atomic E-state index is 6.13. The van der Waals surface area contributed by atoms with Crippen LogP contribution in [0.2, 0.25) is 0 Å². The molecule has 2 aromatic carbocycles.